The van der Waals surface area contributed by atoms with E-state index in [1.54, 1.807) is 28.6 Å². The van der Waals surface area contributed by atoms with E-state index in [9.17, 15) is 8.42 Å². The molecule has 3 aromatic rings. The van der Waals surface area contributed by atoms with Crippen LogP contribution < -0.4 is 0 Å². The van der Waals surface area contributed by atoms with Crippen LogP contribution in [0.1, 0.15) is 28.8 Å². The van der Waals surface area contributed by atoms with Crippen LogP contribution in [0.25, 0.3) is 0 Å². The maximum atomic E-state index is 13.6. The summed E-state index contributed by atoms with van der Waals surface area (Å²) in [6.45, 7) is 1.94. The Balaban J connectivity index is 1.82. The van der Waals surface area contributed by atoms with Gasteiger partial charge in [0.05, 0.1) is 17.0 Å². The average Bonchev–Trinajstić information content (AvgIpc) is 3.16. The van der Waals surface area contributed by atoms with Crippen LogP contribution in [0.3, 0.4) is 0 Å². The predicted octanol–water partition coefficient (Wildman–Crippen LogP) is 5.69. The Bertz CT molecular complexity index is 1090. The zero-order valence-electron chi connectivity index (χ0n) is 15.4. The molecule has 0 aliphatic carbocycles. The summed E-state index contributed by atoms with van der Waals surface area (Å²) >= 11 is 6.03. The van der Waals surface area contributed by atoms with E-state index in [-0.39, 0.29) is 6.04 Å². The van der Waals surface area contributed by atoms with Crippen LogP contribution >= 0.6 is 11.6 Å². The molecule has 0 amide bonds. The summed E-state index contributed by atoms with van der Waals surface area (Å²) < 4.78 is 28.9. The Kier molecular flexibility index (Phi) is 5.11. The SMILES string of the molecule is Cc1ccc(S(=O)(=O)N2[C@@H](c3ccccc3)C=C[C@H]2c2ccc(Cl)cc2)cc1. The average molecular weight is 410 g/mol. The van der Waals surface area contributed by atoms with Crippen molar-refractivity contribution in [1.82, 2.24) is 4.31 Å². The Morgan fingerprint density at radius 1 is 0.750 bits per heavy atom. The monoisotopic (exact) mass is 409 g/mol. The van der Waals surface area contributed by atoms with Crippen LogP contribution in [0.5, 0.6) is 0 Å². The lowest BCUT2D eigenvalue weighted by Gasteiger charge is -2.30. The molecule has 0 saturated heterocycles. The molecule has 4 rings (SSSR count). The molecule has 3 aromatic carbocycles. The molecule has 0 radical (unpaired) electrons. The summed E-state index contributed by atoms with van der Waals surface area (Å²) in [5.74, 6) is 0. The quantitative estimate of drug-likeness (QED) is 0.519. The number of nitrogens with zero attached hydrogens (tertiary/aromatic N) is 1. The van der Waals surface area contributed by atoms with Gasteiger partial charge in [-0.15, -0.1) is 0 Å². The molecule has 0 fully saturated rings. The topological polar surface area (TPSA) is 37.4 Å². The second-order valence-corrected chi connectivity index (χ2v) is 9.16. The smallest absolute Gasteiger partial charge is 0.207 e. The van der Waals surface area contributed by atoms with E-state index in [1.165, 1.54) is 0 Å². The van der Waals surface area contributed by atoms with Crippen molar-refractivity contribution >= 4 is 21.6 Å². The largest absolute Gasteiger partial charge is 0.244 e. The van der Waals surface area contributed by atoms with E-state index in [4.69, 9.17) is 11.6 Å². The fourth-order valence-corrected chi connectivity index (χ4v) is 5.34. The number of benzene rings is 3. The molecule has 1 aliphatic heterocycles. The maximum absolute atomic E-state index is 13.6. The van der Waals surface area contributed by atoms with E-state index in [0.29, 0.717) is 9.92 Å². The van der Waals surface area contributed by atoms with Crippen molar-refractivity contribution in [3.63, 3.8) is 0 Å². The Labute approximate surface area is 170 Å². The molecule has 0 aromatic heterocycles. The normalized spacial score (nSPS) is 19.8. The summed E-state index contributed by atoms with van der Waals surface area (Å²) in [4.78, 5) is 0.293. The van der Waals surface area contributed by atoms with Gasteiger partial charge in [-0.05, 0) is 42.3 Å². The van der Waals surface area contributed by atoms with Crippen LogP contribution in [-0.4, -0.2) is 12.7 Å². The van der Waals surface area contributed by atoms with Gasteiger partial charge in [-0.25, -0.2) is 8.42 Å². The minimum atomic E-state index is -3.72. The third-order valence-corrected chi connectivity index (χ3v) is 7.10. The molecular formula is C23H20ClNO2S. The van der Waals surface area contributed by atoms with Crippen LogP contribution in [0.15, 0.2) is 95.9 Å². The first-order valence-electron chi connectivity index (χ1n) is 9.06. The lowest BCUT2D eigenvalue weighted by Crippen LogP contribution is -2.33. The zero-order chi connectivity index (χ0) is 19.7. The van der Waals surface area contributed by atoms with Crippen molar-refractivity contribution in [1.29, 1.82) is 0 Å². The highest BCUT2D eigenvalue weighted by Gasteiger charge is 2.40. The molecule has 0 spiro atoms. The first-order valence-corrected chi connectivity index (χ1v) is 10.9. The standard InChI is InChI=1S/C23H20ClNO2S/c1-17-7-13-21(14-8-17)28(26,27)25-22(18-5-3-2-4-6-18)15-16-23(25)19-9-11-20(24)12-10-19/h2-16,22-23H,1H3/t22-,23+/m1/s1. The van der Waals surface area contributed by atoms with Crippen molar-refractivity contribution in [2.45, 2.75) is 23.9 Å². The van der Waals surface area contributed by atoms with E-state index in [2.05, 4.69) is 0 Å². The van der Waals surface area contributed by atoms with Gasteiger partial charge in [-0.3, -0.25) is 0 Å². The summed E-state index contributed by atoms with van der Waals surface area (Å²) in [6, 6.07) is 23.3. The minimum Gasteiger partial charge on any atom is -0.207 e. The predicted molar refractivity (Wildman–Crippen MR) is 113 cm³/mol. The summed E-state index contributed by atoms with van der Waals surface area (Å²) in [6.07, 6.45) is 3.91. The first-order chi connectivity index (χ1) is 13.5. The Morgan fingerprint density at radius 2 is 1.29 bits per heavy atom. The van der Waals surface area contributed by atoms with E-state index in [0.717, 1.165) is 16.7 Å². The lowest BCUT2D eigenvalue weighted by atomic mass is 10.1. The molecule has 142 valence electrons. The van der Waals surface area contributed by atoms with Gasteiger partial charge in [0.1, 0.15) is 0 Å². The molecule has 2 atom stereocenters. The van der Waals surface area contributed by atoms with Gasteiger partial charge in [-0.1, -0.05) is 83.9 Å². The second kappa shape index (κ2) is 7.55. The number of halogens is 1. The maximum Gasteiger partial charge on any atom is 0.244 e. The highest BCUT2D eigenvalue weighted by molar-refractivity contribution is 7.89. The molecule has 1 heterocycles. The molecule has 0 bridgehead atoms. The summed E-state index contributed by atoms with van der Waals surface area (Å²) in [5, 5.41) is 0.623. The van der Waals surface area contributed by atoms with Gasteiger partial charge in [0.25, 0.3) is 0 Å². The van der Waals surface area contributed by atoms with Gasteiger partial charge in [-0.2, -0.15) is 4.31 Å². The van der Waals surface area contributed by atoms with Crippen LogP contribution in [0.2, 0.25) is 5.02 Å². The minimum absolute atomic E-state index is 0.293. The summed E-state index contributed by atoms with van der Waals surface area (Å²) in [5.41, 5.74) is 2.84. The second-order valence-electron chi connectivity index (χ2n) is 6.88. The van der Waals surface area contributed by atoms with Gasteiger partial charge in [0, 0.05) is 5.02 Å². The highest BCUT2D eigenvalue weighted by atomic mass is 35.5. The van der Waals surface area contributed by atoms with Gasteiger partial charge in [0.15, 0.2) is 0 Å². The molecule has 28 heavy (non-hydrogen) atoms. The molecule has 0 unspecified atom stereocenters. The lowest BCUT2D eigenvalue weighted by molar-refractivity contribution is 0.350. The fraction of sp³-hybridized carbons (Fsp3) is 0.130. The summed E-state index contributed by atoms with van der Waals surface area (Å²) in [7, 11) is -3.72. The molecule has 1 aliphatic rings. The molecule has 0 saturated carbocycles. The third-order valence-electron chi connectivity index (χ3n) is 4.97. The Morgan fingerprint density at radius 3 is 1.86 bits per heavy atom. The van der Waals surface area contributed by atoms with Crippen molar-refractivity contribution in [2.75, 3.05) is 0 Å². The van der Waals surface area contributed by atoms with E-state index < -0.39 is 16.1 Å². The third kappa shape index (κ3) is 3.51. The van der Waals surface area contributed by atoms with E-state index in [1.807, 2.05) is 73.7 Å². The number of aryl methyl sites for hydroxylation is 1. The Hall–Kier alpha value is -2.40. The first kappa shape index (κ1) is 18.9. The van der Waals surface area contributed by atoms with Crippen molar-refractivity contribution in [3.05, 3.63) is 113 Å². The zero-order valence-corrected chi connectivity index (χ0v) is 16.9. The molecule has 3 nitrogen and oxygen atoms in total. The van der Waals surface area contributed by atoms with Crippen LogP contribution in [0, 0.1) is 6.92 Å². The van der Waals surface area contributed by atoms with Gasteiger partial charge < -0.3 is 0 Å². The van der Waals surface area contributed by atoms with Crippen LogP contribution in [0.4, 0.5) is 0 Å². The fourth-order valence-electron chi connectivity index (χ4n) is 3.51. The van der Waals surface area contributed by atoms with Crippen molar-refractivity contribution in [2.24, 2.45) is 0 Å². The van der Waals surface area contributed by atoms with Gasteiger partial charge >= 0.3 is 0 Å². The highest BCUT2D eigenvalue weighted by Crippen LogP contribution is 2.43. The van der Waals surface area contributed by atoms with Gasteiger partial charge in [0.2, 0.25) is 10.0 Å². The molecule has 0 N–H and O–H groups in total. The number of rotatable bonds is 4. The molecular weight excluding hydrogens is 390 g/mol. The van der Waals surface area contributed by atoms with Crippen molar-refractivity contribution < 1.29 is 8.42 Å². The van der Waals surface area contributed by atoms with Crippen molar-refractivity contribution in [3.8, 4) is 0 Å². The number of hydrogen-bond acceptors (Lipinski definition) is 2. The number of hydrogen-bond donors (Lipinski definition) is 0. The van der Waals surface area contributed by atoms with Crippen LogP contribution in [-0.2, 0) is 10.0 Å². The van der Waals surface area contributed by atoms with E-state index >= 15 is 0 Å². The molecule has 5 heteroatoms. The number of sulfonamides is 1.